The number of likely N-dealkylation sites (tertiary alicyclic amines) is 1. The molecule has 0 unspecified atom stereocenters. The number of nitrogens with one attached hydrogen (secondary N) is 1. The van der Waals surface area contributed by atoms with E-state index in [1.807, 2.05) is 0 Å². The second kappa shape index (κ2) is 6.12. The Bertz CT molecular complexity index is 996. The van der Waals surface area contributed by atoms with Gasteiger partial charge in [0.1, 0.15) is 17.7 Å². The molecule has 1 aliphatic heterocycles. The number of amides is 1. The summed E-state index contributed by atoms with van der Waals surface area (Å²) in [6.45, 7) is 0.994. The molecule has 1 aliphatic rings. The Morgan fingerprint density at radius 1 is 1.40 bits per heavy atom. The smallest absolute Gasteiger partial charge is 0.328 e. The monoisotopic (exact) mass is 341 g/mol. The highest BCUT2D eigenvalue weighted by Crippen LogP contribution is 2.23. The molecular weight excluding hydrogens is 325 g/mol. The van der Waals surface area contributed by atoms with Crippen LogP contribution >= 0.6 is 0 Å². The van der Waals surface area contributed by atoms with Crippen molar-refractivity contribution in [1.82, 2.24) is 24.4 Å². The first kappa shape index (κ1) is 15.5. The van der Waals surface area contributed by atoms with Crippen LogP contribution in [0, 0.1) is 5.82 Å². The van der Waals surface area contributed by atoms with Crippen LogP contribution in [0.2, 0.25) is 0 Å². The summed E-state index contributed by atoms with van der Waals surface area (Å²) in [6.07, 6.45) is 3.77. The van der Waals surface area contributed by atoms with Crippen LogP contribution in [0.15, 0.2) is 41.6 Å². The highest BCUT2D eigenvalue weighted by Gasteiger charge is 2.29. The van der Waals surface area contributed by atoms with Crippen molar-refractivity contribution < 1.29 is 9.18 Å². The number of benzene rings is 1. The molecule has 0 bridgehead atoms. The van der Waals surface area contributed by atoms with Gasteiger partial charge in [-0.05, 0) is 24.1 Å². The topological polar surface area (TPSA) is 83.9 Å². The highest BCUT2D eigenvalue weighted by molar-refractivity contribution is 5.79. The number of aromatic nitrogens is 4. The molecule has 1 fully saturated rings. The van der Waals surface area contributed by atoms with Gasteiger partial charge in [0, 0.05) is 13.1 Å². The van der Waals surface area contributed by atoms with Gasteiger partial charge in [-0.2, -0.15) is 0 Å². The molecule has 25 heavy (non-hydrogen) atoms. The van der Waals surface area contributed by atoms with Gasteiger partial charge >= 0.3 is 5.69 Å². The van der Waals surface area contributed by atoms with E-state index in [2.05, 4.69) is 15.0 Å². The number of halogens is 1. The zero-order valence-electron chi connectivity index (χ0n) is 13.4. The molecule has 1 atom stereocenters. The molecule has 7 nitrogen and oxygen atoms in total. The summed E-state index contributed by atoms with van der Waals surface area (Å²) in [5.41, 5.74) is 1.52. The lowest BCUT2D eigenvalue weighted by atomic mass is 10.1. The molecule has 0 aliphatic carbocycles. The van der Waals surface area contributed by atoms with Crippen LogP contribution in [0.3, 0.4) is 0 Å². The molecule has 1 N–H and O–H groups in total. The number of hydrogen-bond donors (Lipinski definition) is 1. The van der Waals surface area contributed by atoms with Crippen molar-refractivity contribution in [3.8, 4) is 0 Å². The van der Waals surface area contributed by atoms with Gasteiger partial charge in [0.15, 0.2) is 5.65 Å². The van der Waals surface area contributed by atoms with Crippen molar-refractivity contribution in [2.75, 3.05) is 13.1 Å². The summed E-state index contributed by atoms with van der Waals surface area (Å²) in [6, 6.07) is 5.91. The third-order valence-corrected chi connectivity index (χ3v) is 4.51. The number of H-pyrrole nitrogens is 1. The van der Waals surface area contributed by atoms with Crippen LogP contribution in [0.1, 0.15) is 18.0 Å². The average molecular weight is 341 g/mol. The molecule has 0 radical (unpaired) electrons. The maximum atomic E-state index is 13.3. The fraction of sp³-hybridized carbons (Fsp3) is 0.294. The van der Waals surface area contributed by atoms with Gasteiger partial charge in [0.05, 0.1) is 18.7 Å². The van der Waals surface area contributed by atoms with Crippen LogP contribution in [-0.4, -0.2) is 43.4 Å². The molecule has 0 spiro atoms. The molecule has 3 heterocycles. The molecule has 2 aromatic heterocycles. The predicted octanol–water partition coefficient (Wildman–Crippen LogP) is 1.27. The van der Waals surface area contributed by atoms with Gasteiger partial charge in [0.25, 0.3) is 0 Å². The third-order valence-electron chi connectivity index (χ3n) is 4.51. The Hall–Kier alpha value is -3.03. The number of imidazole rings is 1. The van der Waals surface area contributed by atoms with Gasteiger partial charge in [0.2, 0.25) is 5.91 Å². The van der Waals surface area contributed by atoms with Crippen LogP contribution in [0.25, 0.3) is 11.2 Å². The van der Waals surface area contributed by atoms with E-state index in [0.717, 1.165) is 0 Å². The quantitative estimate of drug-likeness (QED) is 0.778. The van der Waals surface area contributed by atoms with Gasteiger partial charge in [-0.1, -0.05) is 12.1 Å². The van der Waals surface area contributed by atoms with Crippen LogP contribution in [0.5, 0.6) is 0 Å². The first-order valence-electron chi connectivity index (χ1n) is 8.04. The zero-order chi connectivity index (χ0) is 17.4. The minimum Gasteiger partial charge on any atom is -0.340 e. The fourth-order valence-corrected chi connectivity index (χ4v) is 3.33. The molecule has 1 amide bonds. The van der Waals surface area contributed by atoms with Gasteiger partial charge in [-0.3, -0.25) is 9.36 Å². The van der Waals surface area contributed by atoms with E-state index in [1.54, 1.807) is 27.8 Å². The summed E-state index contributed by atoms with van der Waals surface area (Å²) in [4.78, 5) is 37.2. The lowest BCUT2D eigenvalue weighted by Crippen LogP contribution is -2.32. The first-order valence-corrected chi connectivity index (χ1v) is 8.04. The van der Waals surface area contributed by atoms with E-state index < -0.39 is 0 Å². The largest absolute Gasteiger partial charge is 0.340 e. The van der Waals surface area contributed by atoms with Crippen molar-refractivity contribution in [1.29, 1.82) is 0 Å². The zero-order valence-corrected chi connectivity index (χ0v) is 13.4. The van der Waals surface area contributed by atoms with Gasteiger partial charge in [-0.25, -0.2) is 19.2 Å². The van der Waals surface area contributed by atoms with Crippen molar-refractivity contribution in [2.45, 2.75) is 18.9 Å². The predicted molar refractivity (Wildman–Crippen MR) is 88.5 cm³/mol. The average Bonchev–Trinajstić information content (AvgIpc) is 3.18. The lowest BCUT2D eigenvalue weighted by Gasteiger charge is -2.17. The summed E-state index contributed by atoms with van der Waals surface area (Å²) in [5, 5.41) is 0. The number of carbonyl (C=O) groups is 1. The molecule has 8 heteroatoms. The normalized spacial score (nSPS) is 17.3. The number of nitrogens with zero attached hydrogens (tertiary/aromatic N) is 4. The number of rotatable bonds is 3. The van der Waals surface area contributed by atoms with Crippen molar-refractivity contribution in [2.24, 2.45) is 0 Å². The third kappa shape index (κ3) is 2.90. The Morgan fingerprint density at radius 2 is 2.28 bits per heavy atom. The summed E-state index contributed by atoms with van der Waals surface area (Å²) in [5.74, 6) is -0.426. The summed E-state index contributed by atoms with van der Waals surface area (Å²) < 4.78 is 14.8. The molecule has 0 saturated carbocycles. The van der Waals surface area contributed by atoms with E-state index in [1.165, 1.54) is 18.5 Å². The van der Waals surface area contributed by atoms with E-state index in [-0.39, 0.29) is 29.9 Å². The van der Waals surface area contributed by atoms with Crippen molar-refractivity contribution >= 4 is 17.1 Å². The number of carbonyl (C=O) groups excluding carboxylic acids is 1. The summed E-state index contributed by atoms with van der Waals surface area (Å²) in [7, 11) is 0. The maximum Gasteiger partial charge on any atom is 0.328 e. The first-order chi connectivity index (χ1) is 12.1. The minimum atomic E-state index is -0.352. The lowest BCUT2D eigenvalue weighted by molar-refractivity contribution is -0.129. The number of aromatic amines is 1. The number of hydrogen-bond acceptors (Lipinski definition) is 4. The van der Waals surface area contributed by atoms with E-state index in [9.17, 15) is 14.0 Å². The van der Waals surface area contributed by atoms with Crippen molar-refractivity contribution in [3.05, 3.63) is 58.7 Å². The summed E-state index contributed by atoms with van der Waals surface area (Å²) >= 11 is 0. The van der Waals surface area contributed by atoms with Gasteiger partial charge < -0.3 is 9.88 Å². The number of fused-ring (bicyclic) bond motifs is 1. The Kier molecular flexibility index (Phi) is 3.79. The van der Waals surface area contributed by atoms with Crippen LogP contribution < -0.4 is 5.69 Å². The van der Waals surface area contributed by atoms with E-state index in [4.69, 9.17) is 0 Å². The molecule has 4 rings (SSSR count). The Balaban J connectivity index is 1.52. The molecule has 1 aromatic carbocycles. The van der Waals surface area contributed by atoms with E-state index >= 15 is 0 Å². The molecule has 1 saturated heterocycles. The van der Waals surface area contributed by atoms with E-state index in [0.29, 0.717) is 36.2 Å². The standard InChI is InChI=1S/C17H16FN5O2/c18-12-3-1-2-11(6-12)7-15(24)22-5-4-13(9-22)23-16-14(21-17(23)25)8-19-10-20-16/h1-3,6,8,10,13H,4-5,7,9H2,(H,21,25)/t13-/m1/s1. The molecule has 128 valence electrons. The molecule has 3 aromatic rings. The Morgan fingerprint density at radius 3 is 3.12 bits per heavy atom. The van der Waals surface area contributed by atoms with Crippen LogP contribution in [0.4, 0.5) is 4.39 Å². The second-order valence-corrected chi connectivity index (χ2v) is 6.15. The van der Waals surface area contributed by atoms with Gasteiger partial charge in [-0.15, -0.1) is 0 Å². The van der Waals surface area contributed by atoms with Crippen LogP contribution in [-0.2, 0) is 11.2 Å². The minimum absolute atomic E-state index is 0.0735. The SMILES string of the molecule is O=C(Cc1cccc(F)c1)N1CC[C@@H](n2c(=O)[nH]c3cncnc32)C1. The second-order valence-electron chi connectivity index (χ2n) is 6.15. The highest BCUT2D eigenvalue weighted by atomic mass is 19.1. The molecular formula is C17H16FN5O2. The maximum absolute atomic E-state index is 13.3. The van der Waals surface area contributed by atoms with Crippen molar-refractivity contribution in [3.63, 3.8) is 0 Å². The fourth-order valence-electron chi connectivity index (χ4n) is 3.33. The Labute approximate surface area is 142 Å².